The van der Waals surface area contributed by atoms with Gasteiger partial charge in [0.2, 0.25) is 0 Å². The van der Waals surface area contributed by atoms with Crippen LogP contribution in [0.4, 0.5) is 23.7 Å². The molecule has 0 spiro atoms. The first kappa shape index (κ1) is 25.1. The van der Waals surface area contributed by atoms with E-state index >= 15 is 0 Å². The number of nitrogens with zero attached hydrogens (tertiary/aromatic N) is 1. The fourth-order valence-electron chi connectivity index (χ4n) is 2.89. The lowest BCUT2D eigenvalue weighted by molar-refractivity contribution is 0.153. The second kappa shape index (κ2) is 11.0. The highest BCUT2D eigenvalue weighted by atomic mass is 32.2. The molecular weight excluding hydrogens is 473 g/mol. The summed E-state index contributed by atoms with van der Waals surface area (Å²) in [5, 5.41) is 2.39. The lowest BCUT2D eigenvalue weighted by Gasteiger charge is -2.23. The van der Waals surface area contributed by atoms with Gasteiger partial charge >= 0.3 is 16.1 Å². The van der Waals surface area contributed by atoms with Gasteiger partial charge in [-0.1, -0.05) is 12.1 Å². The topological polar surface area (TPSA) is 84.9 Å². The maximum atomic E-state index is 13.9. The third-order valence-corrected chi connectivity index (χ3v) is 5.89. The Morgan fingerprint density at radius 2 is 1.59 bits per heavy atom. The number of carbonyl (C=O) groups excluding carboxylic acids is 1. The Hall–Kier alpha value is -3.57. The van der Waals surface area contributed by atoms with Crippen molar-refractivity contribution in [3.8, 4) is 5.75 Å². The zero-order valence-electron chi connectivity index (χ0n) is 18.0. The van der Waals surface area contributed by atoms with Crippen LogP contribution in [0, 0.1) is 17.5 Å². The van der Waals surface area contributed by atoms with E-state index in [1.54, 1.807) is 12.1 Å². The van der Waals surface area contributed by atoms with Gasteiger partial charge in [-0.3, -0.25) is 0 Å². The van der Waals surface area contributed by atoms with Gasteiger partial charge in [-0.25, -0.2) is 18.0 Å². The van der Waals surface area contributed by atoms with Crippen LogP contribution in [-0.4, -0.2) is 39.6 Å². The third kappa shape index (κ3) is 6.72. The Balaban J connectivity index is 1.69. The normalized spacial score (nSPS) is 11.2. The summed E-state index contributed by atoms with van der Waals surface area (Å²) in [5.41, 5.74) is 0.445. The van der Waals surface area contributed by atoms with E-state index in [1.807, 2.05) is 0 Å². The molecule has 34 heavy (non-hydrogen) atoms. The molecule has 0 fully saturated rings. The van der Waals surface area contributed by atoms with Crippen LogP contribution in [0.15, 0.2) is 71.6 Å². The van der Waals surface area contributed by atoms with Crippen LogP contribution in [0.5, 0.6) is 5.75 Å². The largest absolute Gasteiger partial charge is 0.383 e. The van der Waals surface area contributed by atoms with Gasteiger partial charge in [-0.2, -0.15) is 8.42 Å². The molecule has 0 aliphatic rings. The first-order valence-corrected chi connectivity index (χ1v) is 11.4. The number of anilines is 1. The highest BCUT2D eigenvalue weighted by Gasteiger charge is 2.18. The number of amides is 2. The standard InChI is InChI=1S/C23H21F3N2O5S/c1-32-13-12-28(23(29)27-22-11-6-18(25)14-21(22)26)15-16-2-7-19(8-3-16)33-34(30,31)20-9-4-17(24)5-10-20/h2-11,14H,12-13,15H2,1H3,(H,27,29). The fraction of sp³-hybridized carbons (Fsp3) is 0.174. The number of hydrogen-bond donors (Lipinski definition) is 1. The summed E-state index contributed by atoms with van der Waals surface area (Å²) in [7, 11) is -2.69. The number of urea groups is 1. The molecular formula is C23H21F3N2O5S. The van der Waals surface area contributed by atoms with Crippen molar-refractivity contribution in [1.29, 1.82) is 0 Å². The number of rotatable bonds is 9. The highest BCUT2D eigenvalue weighted by molar-refractivity contribution is 7.87. The molecule has 180 valence electrons. The molecule has 0 aliphatic heterocycles. The summed E-state index contributed by atoms with van der Waals surface area (Å²) in [6, 6.07) is 12.3. The number of benzene rings is 3. The van der Waals surface area contributed by atoms with Crippen LogP contribution in [-0.2, 0) is 21.4 Å². The number of hydrogen-bond acceptors (Lipinski definition) is 5. The number of carbonyl (C=O) groups is 1. The minimum Gasteiger partial charge on any atom is -0.383 e. The molecule has 2 amide bonds. The average Bonchev–Trinajstić information content (AvgIpc) is 2.79. The molecule has 0 heterocycles. The van der Waals surface area contributed by atoms with Crippen LogP contribution in [0.25, 0.3) is 0 Å². The summed E-state index contributed by atoms with van der Waals surface area (Å²) in [6.45, 7) is 0.460. The summed E-state index contributed by atoms with van der Waals surface area (Å²) >= 11 is 0. The summed E-state index contributed by atoms with van der Waals surface area (Å²) in [5.74, 6) is -2.23. The molecule has 3 aromatic rings. The van der Waals surface area contributed by atoms with Crippen molar-refractivity contribution in [3.63, 3.8) is 0 Å². The van der Waals surface area contributed by atoms with Gasteiger partial charge in [0.05, 0.1) is 12.3 Å². The smallest absolute Gasteiger partial charge is 0.339 e. The zero-order valence-corrected chi connectivity index (χ0v) is 18.8. The van der Waals surface area contributed by atoms with Crippen molar-refractivity contribution in [1.82, 2.24) is 4.90 Å². The van der Waals surface area contributed by atoms with E-state index in [0.717, 1.165) is 36.4 Å². The van der Waals surface area contributed by atoms with E-state index in [9.17, 15) is 26.4 Å². The Morgan fingerprint density at radius 1 is 0.941 bits per heavy atom. The second-order valence-electron chi connectivity index (χ2n) is 7.10. The molecule has 0 saturated heterocycles. The molecule has 0 aliphatic carbocycles. The van der Waals surface area contributed by atoms with Crippen molar-refractivity contribution >= 4 is 21.8 Å². The van der Waals surface area contributed by atoms with Gasteiger partial charge in [0, 0.05) is 26.3 Å². The van der Waals surface area contributed by atoms with Gasteiger partial charge < -0.3 is 19.1 Å². The molecule has 0 unspecified atom stereocenters. The van der Waals surface area contributed by atoms with Crippen molar-refractivity contribution in [2.45, 2.75) is 11.4 Å². The third-order valence-electron chi connectivity index (χ3n) is 4.63. The number of nitrogens with one attached hydrogen (secondary N) is 1. The molecule has 11 heteroatoms. The molecule has 1 N–H and O–H groups in total. The SMILES string of the molecule is COCCN(Cc1ccc(OS(=O)(=O)c2ccc(F)cc2)cc1)C(=O)Nc1ccc(F)cc1F. The molecule has 0 atom stereocenters. The maximum Gasteiger partial charge on any atom is 0.339 e. The van der Waals surface area contributed by atoms with Crippen LogP contribution in [0.1, 0.15) is 5.56 Å². The van der Waals surface area contributed by atoms with E-state index in [4.69, 9.17) is 8.92 Å². The average molecular weight is 494 g/mol. The minimum atomic E-state index is -4.15. The summed E-state index contributed by atoms with van der Waals surface area (Å²) < 4.78 is 74.8. The quantitative estimate of drug-likeness (QED) is 0.441. The van der Waals surface area contributed by atoms with Gasteiger partial charge in [-0.05, 0) is 54.1 Å². The van der Waals surface area contributed by atoms with E-state index in [1.165, 1.54) is 24.1 Å². The monoisotopic (exact) mass is 494 g/mol. The molecule has 3 aromatic carbocycles. The first-order chi connectivity index (χ1) is 16.2. The van der Waals surface area contributed by atoms with E-state index < -0.39 is 33.6 Å². The number of ether oxygens (including phenoxy) is 1. The number of halogens is 3. The van der Waals surface area contributed by atoms with Crippen LogP contribution in [0.3, 0.4) is 0 Å². The lowest BCUT2D eigenvalue weighted by Crippen LogP contribution is -2.37. The first-order valence-electron chi connectivity index (χ1n) is 9.97. The maximum absolute atomic E-state index is 13.9. The van der Waals surface area contributed by atoms with Crippen LogP contribution >= 0.6 is 0 Å². The Labute approximate surface area is 194 Å². The molecule has 0 radical (unpaired) electrons. The molecule has 0 bridgehead atoms. The molecule has 0 saturated carbocycles. The van der Waals surface area contributed by atoms with E-state index in [2.05, 4.69) is 5.32 Å². The predicted octanol–water partition coefficient (Wildman–Crippen LogP) is 4.55. The molecule has 0 aromatic heterocycles. The zero-order chi connectivity index (χ0) is 24.7. The Morgan fingerprint density at radius 3 is 2.21 bits per heavy atom. The lowest BCUT2D eigenvalue weighted by atomic mass is 10.2. The van der Waals surface area contributed by atoms with Crippen molar-refractivity contribution in [2.24, 2.45) is 0 Å². The van der Waals surface area contributed by atoms with E-state index in [-0.39, 0.29) is 36.0 Å². The van der Waals surface area contributed by atoms with Crippen LogP contribution in [0.2, 0.25) is 0 Å². The molecule has 7 nitrogen and oxygen atoms in total. The van der Waals surface area contributed by atoms with Crippen molar-refractivity contribution in [2.75, 3.05) is 25.6 Å². The summed E-state index contributed by atoms with van der Waals surface area (Å²) in [6.07, 6.45) is 0. The van der Waals surface area contributed by atoms with Crippen molar-refractivity contribution < 1.29 is 35.3 Å². The minimum absolute atomic E-state index is 0.0225. The Bertz CT molecular complexity index is 1240. The summed E-state index contributed by atoms with van der Waals surface area (Å²) in [4.78, 5) is 13.8. The number of methoxy groups -OCH3 is 1. The second-order valence-corrected chi connectivity index (χ2v) is 8.65. The van der Waals surface area contributed by atoms with Gasteiger partial charge in [0.25, 0.3) is 0 Å². The Kier molecular flexibility index (Phi) is 8.13. The van der Waals surface area contributed by atoms with Gasteiger partial charge in [0.1, 0.15) is 28.1 Å². The van der Waals surface area contributed by atoms with Crippen molar-refractivity contribution in [3.05, 3.63) is 89.7 Å². The van der Waals surface area contributed by atoms with Crippen LogP contribution < -0.4 is 9.50 Å². The van der Waals surface area contributed by atoms with E-state index in [0.29, 0.717) is 11.6 Å². The highest BCUT2D eigenvalue weighted by Crippen LogP contribution is 2.21. The predicted molar refractivity (Wildman–Crippen MR) is 118 cm³/mol. The van der Waals surface area contributed by atoms with Gasteiger partial charge in [0.15, 0.2) is 0 Å². The fourth-order valence-corrected chi connectivity index (χ4v) is 3.82. The molecule has 3 rings (SSSR count). The van der Waals surface area contributed by atoms with Gasteiger partial charge in [-0.15, -0.1) is 0 Å².